The zero-order valence-corrected chi connectivity index (χ0v) is 25.7. The molecule has 228 valence electrons. The van der Waals surface area contributed by atoms with Gasteiger partial charge in [-0.3, -0.25) is 15.1 Å². The topological polar surface area (TPSA) is 114 Å². The van der Waals surface area contributed by atoms with E-state index >= 15 is 0 Å². The summed E-state index contributed by atoms with van der Waals surface area (Å²) in [5, 5.41) is 4.72. The van der Waals surface area contributed by atoms with Crippen molar-refractivity contribution in [3.05, 3.63) is 88.7 Å². The molecule has 10 nitrogen and oxygen atoms in total. The second-order valence-electron chi connectivity index (χ2n) is 9.55. The first kappa shape index (κ1) is 31.2. The Kier molecular flexibility index (Phi) is 9.36. The Labute approximate surface area is 262 Å². The van der Waals surface area contributed by atoms with E-state index in [4.69, 9.17) is 0 Å². The fourth-order valence-electron chi connectivity index (χ4n) is 4.37. The number of amides is 3. The normalized spacial score (nSPS) is 15.1. The number of hydrogen-bond donors (Lipinski definition) is 2. The second-order valence-corrected chi connectivity index (χ2v) is 11.4. The van der Waals surface area contributed by atoms with E-state index in [1.54, 1.807) is 0 Å². The number of rotatable bonds is 8. The first-order chi connectivity index (χ1) is 21.0. The number of aromatic nitrogens is 3. The molecule has 1 aliphatic rings. The van der Waals surface area contributed by atoms with Crippen LogP contribution in [0.2, 0.25) is 0 Å². The van der Waals surface area contributed by atoms with Gasteiger partial charge in [-0.2, -0.15) is 4.99 Å². The van der Waals surface area contributed by atoms with Crippen molar-refractivity contribution < 1.29 is 27.5 Å². The molecule has 1 unspecified atom stereocenters. The molecule has 1 fully saturated rings. The van der Waals surface area contributed by atoms with Crippen molar-refractivity contribution in [1.82, 2.24) is 25.6 Å². The zero-order chi connectivity index (χ0) is 31.4. The lowest BCUT2D eigenvalue weighted by Crippen LogP contribution is -2.39. The van der Waals surface area contributed by atoms with Crippen LogP contribution in [0.3, 0.4) is 0 Å². The summed E-state index contributed by atoms with van der Waals surface area (Å²) in [5.74, 6) is 0.123. The maximum atomic E-state index is 12.7. The van der Waals surface area contributed by atoms with Crippen LogP contribution in [0.15, 0.2) is 82.5 Å². The lowest BCUT2D eigenvalue weighted by Gasteiger charge is -2.19. The van der Waals surface area contributed by atoms with E-state index < -0.39 is 12.4 Å². The average Bonchev–Trinajstić information content (AvgIpc) is 3.62. The summed E-state index contributed by atoms with van der Waals surface area (Å²) in [6.45, 7) is 3.84. The highest BCUT2D eigenvalue weighted by Crippen LogP contribution is 2.32. The highest BCUT2D eigenvalue weighted by atomic mass is 79.9. The quantitative estimate of drug-likeness (QED) is 0.198. The number of nitrogens with one attached hydrogen (secondary N) is 2. The number of carbonyl (C=O) groups excluding carboxylic acids is 2. The summed E-state index contributed by atoms with van der Waals surface area (Å²) in [5.41, 5.74) is 9.29. The van der Waals surface area contributed by atoms with E-state index in [2.05, 4.69) is 46.6 Å². The molecule has 4 aromatic rings. The van der Waals surface area contributed by atoms with Crippen molar-refractivity contribution in [2.75, 3.05) is 10.7 Å². The molecule has 0 spiro atoms. The Balaban J connectivity index is 1.22. The molecule has 2 N–H and O–H groups in total. The van der Waals surface area contributed by atoms with E-state index in [1.165, 1.54) is 51.9 Å². The summed E-state index contributed by atoms with van der Waals surface area (Å²) in [7, 11) is 0. The number of urea groups is 1. The third-order valence-electron chi connectivity index (χ3n) is 6.53. The Morgan fingerprint density at radius 1 is 1.14 bits per heavy atom. The average molecular weight is 689 g/mol. The van der Waals surface area contributed by atoms with E-state index in [0.29, 0.717) is 28.8 Å². The van der Waals surface area contributed by atoms with Crippen LogP contribution in [0.1, 0.15) is 30.5 Å². The molecule has 0 bridgehead atoms. The number of halogens is 4. The summed E-state index contributed by atoms with van der Waals surface area (Å²) in [6.07, 6.45) is -2.66. The van der Waals surface area contributed by atoms with Gasteiger partial charge in [-0.25, -0.2) is 19.9 Å². The minimum atomic E-state index is -4.77. The van der Waals surface area contributed by atoms with E-state index in [9.17, 15) is 22.8 Å². The number of aliphatic imine (C=N–C) groups is 1. The molecular weight excluding hydrogens is 663 g/mol. The lowest BCUT2D eigenvalue weighted by molar-refractivity contribution is -0.274. The molecule has 15 heteroatoms. The minimum absolute atomic E-state index is 0.157. The minimum Gasteiger partial charge on any atom is -0.406 e. The zero-order valence-electron chi connectivity index (χ0n) is 23.3. The highest BCUT2D eigenvalue weighted by Gasteiger charge is 2.32. The molecule has 1 saturated heterocycles. The lowest BCUT2D eigenvalue weighted by atomic mass is 10.0. The van der Waals surface area contributed by atoms with Crippen molar-refractivity contribution in [3.8, 4) is 22.8 Å². The number of alkyl halides is 3. The summed E-state index contributed by atoms with van der Waals surface area (Å²) >= 11 is 4.63. The molecule has 5 rings (SSSR count). The van der Waals surface area contributed by atoms with Crippen molar-refractivity contribution in [3.63, 3.8) is 0 Å². The Morgan fingerprint density at radius 2 is 1.86 bits per heavy atom. The first-order valence-electron chi connectivity index (χ1n) is 13.2. The van der Waals surface area contributed by atoms with Gasteiger partial charge in [0.2, 0.25) is 5.91 Å². The van der Waals surface area contributed by atoms with Crippen LogP contribution >= 0.6 is 27.7 Å². The molecule has 44 heavy (non-hydrogen) atoms. The maximum absolute atomic E-state index is 12.7. The van der Waals surface area contributed by atoms with Crippen LogP contribution in [-0.2, 0) is 4.79 Å². The molecule has 2 heterocycles. The van der Waals surface area contributed by atoms with Crippen LogP contribution in [0.25, 0.3) is 17.1 Å². The van der Waals surface area contributed by atoms with Crippen molar-refractivity contribution in [1.29, 1.82) is 0 Å². The van der Waals surface area contributed by atoms with Gasteiger partial charge < -0.3 is 4.74 Å². The van der Waals surface area contributed by atoms with Crippen molar-refractivity contribution in [2.45, 2.75) is 32.7 Å². The predicted molar refractivity (Wildman–Crippen MR) is 164 cm³/mol. The van der Waals surface area contributed by atoms with Gasteiger partial charge >= 0.3 is 12.4 Å². The molecular formula is C29H25BrF3N7O3S. The number of nitrogens with zero attached hydrogens (tertiary/aromatic N) is 5. The monoisotopic (exact) mass is 687 g/mol. The number of hydrogen-bond acceptors (Lipinski definition) is 7. The fourth-order valence-corrected chi connectivity index (χ4v) is 5.58. The number of anilines is 1. The van der Waals surface area contributed by atoms with Crippen molar-refractivity contribution in [2.24, 2.45) is 4.99 Å². The molecule has 1 aromatic heterocycles. The van der Waals surface area contributed by atoms with Crippen LogP contribution in [0, 0.1) is 6.92 Å². The van der Waals surface area contributed by atoms with Crippen LogP contribution in [0.4, 0.5) is 23.7 Å². The maximum Gasteiger partial charge on any atom is 0.573 e. The van der Waals surface area contributed by atoms with Gasteiger partial charge in [-0.1, -0.05) is 64.9 Å². The molecule has 1 atom stereocenters. The summed E-state index contributed by atoms with van der Waals surface area (Å²) in [6, 6.07) is 17.4. The number of hydrazine groups is 1. The third-order valence-corrected chi connectivity index (χ3v) is 7.95. The van der Waals surface area contributed by atoms with E-state index in [0.717, 1.165) is 21.2 Å². The highest BCUT2D eigenvalue weighted by molar-refractivity contribution is 9.10. The third kappa shape index (κ3) is 7.46. The number of aryl methyl sites for hydroxylation is 1. The summed E-state index contributed by atoms with van der Waals surface area (Å²) in [4.78, 5) is 35.2. The van der Waals surface area contributed by atoms with Crippen LogP contribution in [0.5, 0.6) is 5.75 Å². The summed E-state index contributed by atoms with van der Waals surface area (Å²) < 4.78 is 43.4. The molecule has 0 saturated carbocycles. The number of thioether (sulfide) groups is 1. The largest absolute Gasteiger partial charge is 0.573 e. The number of amidine groups is 1. The van der Waals surface area contributed by atoms with E-state index in [-0.39, 0.29) is 23.5 Å². The van der Waals surface area contributed by atoms with Gasteiger partial charge in [-0.05, 0) is 60.9 Å². The molecule has 3 aromatic carbocycles. The smallest absolute Gasteiger partial charge is 0.406 e. The fraction of sp³-hybridized carbons (Fsp3) is 0.207. The van der Waals surface area contributed by atoms with Gasteiger partial charge in [-0.15, -0.1) is 18.3 Å². The Bertz CT molecular complexity index is 1700. The van der Waals surface area contributed by atoms with Gasteiger partial charge in [0.25, 0.3) is 0 Å². The molecule has 3 amide bonds. The van der Waals surface area contributed by atoms with Crippen molar-refractivity contribution >= 4 is 50.5 Å². The number of carbonyl (C=O) groups is 2. The second kappa shape index (κ2) is 13.2. The predicted octanol–water partition coefficient (Wildman–Crippen LogP) is 6.71. The van der Waals surface area contributed by atoms with Gasteiger partial charge in [0.15, 0.2) is 11.0 Å². The molecule has 0 radical (unpaired) electrons. The van der Waals surface area contributed by atoms with E-state index in [1.807, 2.05) is 56.3 Å². The number of benzene rings is 3. The Morgan fingerprint density at radius 3 is 2.55 bits per heavy atom. The molecule has 1 aliphatic heterocycles. The SMILES string of the molecule is CCC(NNC(=O)N=C1SCC(=O)N1c1cc(Br)ccc1C)c1ccc(-c2ncn(-c3ccc(OC(F)(F)F)cc3)n2)cc1. The molecule has 0 aliphatic carbocycles. The van der Waals surface area contributed by atoms with Crippen LogP contribution < -0.4 is 20.5 Å². The Hall–Kier alpha value is -4.21. The van der Waals surface area contributed by atoms with Crippen LogP contribution in [-0.4, -0.2) is 44.0 Å². The van der Waals surface area contributed by atoms with Gasteiger partial charge in [0.05, 0.1) is 23.2 Å². The first-order valence-corrected chi connectivity index (χ1v) is 15.0. The standard InChI is InChI=1S/C29H25BrF3N7O3S/c1-3-23(36-37-27(42)35-28-40(25(41)15-44-28)24-14-20(30)9-4-17(24)2)18-5-7-19(8-6-18)26-34-16-39(38-26)21-10-12-22(13-11-21)43-29(31,32)33/h4-14,16,23,36H,3,15H2,1-2H3,(H,37,42). The van der Waals surface area contributed by atoms with Gasteiger partial charge in [0.1, 0.15) is 12.1 Å². The van der Waals surface area contributed by atoms with Gasteiger partial charge in [0, 0.05) is 10.0 Å². The number of ether oxygens (including phenoxy) is 1.